The van der Waals surface area contributed by atoms with Crippen LogP contribution in [0.2, 0.25) is 0 Å². The van der Waals surface area contributed by atoms with E-state index in [4.69, 9.17) is 10.00 Å². The van der Waals surface area contributed by atoms with E-state index in [2.05, 4.69) is 11.4 Å². The minimum absolute atomic E-state index is 0.321. The van der Waals surface area contributed by atoms with Gasteiger partial charge in [0.15, 0.2) is 0 Å². The molecule has 0 aliphatic rings. The summed E-state index contributed by atoms with van der Waals surface area (Å²) in [5.41, 5.74) is 2.21. The van der Waals surface area contributed by atoms with E-state index in [0.717, 1.165) is 5.56 Å². The van der Waals surface area contributed by atoms with E-state index in [9.17, 15) is 4.79 Å². The van der Waals surface area contributed by atoms with E-state index in [1.807, 2.05) is 19.1 Å². The number of carbonyl (C=O) groups is 1. The fraction of sp³-hybridized carbons (Fsp3) is 0.385. The number of esters is 1. The van der Waals surface area contributed by atoms with Crippen LogP contribution in [0.5, 0.6) is 0 Å². The van der Waals surface area contributed by atoms with Gasteiger partial charge in [-0.05, 0) is 38.5 Å². The Kier molecular flexibility index (Phi) is 4.53. The molecule has 17 heavy (non-hydrogen) atoms. The molecule has 0 aliphatic heterocycles. The molecular formula is C13H16N2O2. The normalized spacial score (nSPS) is 11.4. The molecule has 4 nitrogen and oxygen atoms in total. The van der Waals surface area contributed by atoms with E-state index < -0.39 is 6.04 Å². The van der Waals surface area contributed by atoms with Crippen molar-refractivity contribution in [3.05, 3.63) is 29.3 Å². The summed E-state index contributed by atoms with van der Waals surface area (Å²) in [5, 5.41) is 11.9. The molecule has 0 saturated heterocycles. The number of carbonyl (C=O) groups excluding carboxylic acids is 1. The van der Waals surface area contributed by atoms with Crippen LogP contribution in [0.4, 0.5) is 5.69 Å². The molecule has 1 aromatic carbocycles. The molecule has 90 valence electrons. The minimum atomic E-state index is -0.469. The van der Waals surface area contributed by atoms with Crippen LogP contribution >= 0.6 is 0 Å². The van der Waals surface area contributed by atoms with Crippen molar-refractivity contribution in [3.8, 4) is 6.07 Å². The third-order valence-electron chi connectivity index (χ3n) is 2.31. The van der Waals surface area contributed by atoms with Gasteiger partial charge < -0.3 is 10.1 Å². The van der Waals surface area contributed by atoms with Crippen molar-refractivity contribution in [2.75, 3.05) is 11.9 Å². The zero-order chi connectivity index (χ0) is 12.8. The van der Waals surface area contributed by atoms with Crippen molar-refractivity contribution in [3.63, 3.8) is 0 Å². The van der Waals surface area contributed by atoms with Crippen molar-refractivity contribution >= 4 is 11.7 Å². The first-order valence-electron chi connectivity index (χ1n) is 5.52. The lowest BCUT2D eigenvalue weighted by molar-refractivity contribution is -0.143. The number of nitriles is 1. The lowest BCUT2D eigenvalue weighted by Gasteiger charge is -2.15. The second-order valence-corrected chi connectivity index (χ2v) is 3.78. The SMILES string of the molecule is CCOC(=O)C(C)Nc1cc(C)ccc1C#N. The Morgan fingerprint density at radius 2 is 2.29 bits per heavy atom. The molecule has 1 unspecified atom stereocenters. The van der Waals surface area contributed by atoms with Gasteiger partial charge in [-0.25, -0.2) is 4.79 Å². The number of ether oxygens (including phenoxy) is 1. The Bertz CT molecular complexity index is 449. The molecule has 0 aliphatic carbocycles. The first kappa shape index (κ1) is 13.0. The maximum atomic E-state index is 11.5. The van der Waals surface area contributed by atoms with E-state index in [0.29, 0.717) is 17.9 Å². The van der Waals surface area contributed by atoms with E-state index in [1.165, 1.54) is 0 Å². The van der Waals surface area contributed by atoms with E-state index >= 15 is 0 Å². The maximum absolute atomic E-state index is 11.5. The molecule has 1 rings (SSSR count). The summed E-state index contributed by atoms with van der Waals surface area (Å²) >= 11 is 0. The monoisotopic (exact) mass is 232 g/mol. The molecule has 1 N–H and O–H groups in total. The Morgan fingerprint density at radius 1 is 1.59 bits per heavy atom. The molecule has 0 amide bonds. The van der Waals surface area contributed by atoms with Crippen LogP contribution in [0, 0.1) is 18.3 Å². The summed E-state index contributed by atoms with van der Waals surface area (Å²) in [6, 6.07) is 7.05. The summed E-state index contributed by atoms with van der Waals surface area (Å²) < 4.78 is 4.90. The highest BCUT2D eigenvalue weighted by molar-refractivity contribution is 5.79. The van der Waals surface area contributed by atoms with Crippen LogP contribution in [0.15, 0.2) is 18.2 Å². The van der Waals surface area contributed by atoms with Gasteiger partial charge in [-0.15, -0.1) is 0 Å². The predicted molar refractivity (Wildman–Crippen MR) is 65.6 cm³/mol. The van der Waals surface area contributed by atoms with Gasteiger partial charge in [0.2, 0.25) is 0 Å². The largest absolute Gasteiger partial charge is 0.464 e. The fourth-order valence-corrected chi connectivity index (χ4v) is 1.43. The van der Waals surface area contributed by atoms with Crippen LogP contribution in [0.1, 0.15) is 25.0 Å². The topological polar surface area (TPSA) is 62.1 Å². The summed E-state index contributed by atoms with van der Waals surface area (Å²) in [5.74, 6) is -0.321. The molecule has 0 bridgehead atoms. The molecular weight excluding hydrogens is 216 g/mol. The third kappa shape index (κ3) is 3.49. The summed E-state index contributed by atoms with van der Waals surface area (Å²) in [4.78, 5) is 11.5. The number of benzene rings is 1. The third-order valence-corrected chi connectivity index (χ3v) is 2.31. The Hall–Kier alpha value is -2.02. The fourth-order valence-electron chi connectivity index (χ4n) is 1.43. The number of hydrogen-bond acceptors (Lipinski definition) is 4. The molecule has 4 heteroatoms. The molecule has 0 aromatic heterocycles. The summed E-state index contributed by atoms with van der Waals surface area (Å²) in [7, 11) is 0. The Morgan fingerprint density at radius 3 is 2.88 bits per heavy atom. The highest BCUT2D eigenvalue weighted by Gasteiger charge is 2.15. The number of hydrogen-bond donors (Lipinski definition) is 1. The van der Waals surface area contributed by atoms with Crippen LogP contribution < -0.4 is 5.32 Å². The van der Waals surface area contributed by atoms with Gasteiger partial charge >= 0.3 is 5.97 Å². The quantitative estimate of drug-likeness (QED) is 0.808. The number of aryl methyl sites for hydroxylation is 1. The zero-order valence-electron chi connectivity index (χ0n) is 10.3. The van der Waals surface area contributed by atoms with Gasteiger partial charge in [0, 0.05) is 0 Å². The van der Waals surface area contributed by atoms with Crippen LogP contribution in [0.25, 0.3) is 0 Å². The standard InChI is InChI=1S/C13H16N2O2/c1-4-17-13(16)10(3)15-12-7-9(2)5-6-11(12)8-14/h5-7,10,15H,4H2,1-3H3. The van der Waals surface area contributed by atoms with Crippen LogP contribution in [0.3, 0.4) is 0 Å². The Balaban J connectivity index is 2.84. The first-order chi connectivity index (χ1) is 8.08. The second kappa shape index (κ2) is 5.90. The van der Waals surface area contributed by atoms with Crippen LogP contribution in [-0.4, -0.2) is 18.6 Å². The molecule has 1 aromatic rings. The molecule has 0 spiro atoms. The van der Waals surface area contributed by atoms with Crippen molar-refractivity contribution in [2.24, 2.45) is 0 Å². The maximum Gasteiger partial charge on any atom is 0.328 e. The summed E-state index contributed by atoms with van der Waals surface area (Å²) in [6.45, 7) is 5.75. The minimum Gasteiger partial charge on any atom is -0.464 e. The number of anilines is 1. The zero-order valence-corrected chi connectivity index (χ0v) is 10.3. The highest BCUT2D eigenvalue weighted by atomic mass is 16.5. The molecule has 0 radical (unpaired) electrons. The van der Waals surface area contributed by atoms with Crippen molar-refractivity contribution < 1.29 is 9.53 Å². The van der Waals surface area contributed by atoms with Gasteiger partial charge in [0.05, 0.1) is 17.9 Å². The van der Waals surface area contributed by atoms with Crippen LogP contribution in [-0.2, 0) is 9.53 Å². The van der Waals surface area contributed by atoms with Crippen molar-refractivity contribution in [1.82, 2.24) is 0 Å². The van der Waals surface area contributed by atoms with Gasteiger partial charge in [-0.1, -0.05) is 6.07 Å². The van der Waals surface area contributed by atoms with Crippen molar-refractivity contribution in [1.29, 1.82) is 5.26 Å². The number of nitrogens with zero attached hydrogens (tertiary/aromatic N) is 1. The van der Waals surface area contributed by atoms with E-state index in [-0.39, 0.29) is 5.97 Å². The Labute approximate surface area is 101 Å². The van der Waals surface area contributed by atoms with Gasteiger partial charge in [0.25, 0.3) is 0 Å². The first-order valence-corrected chi connectivity index (χ1v) is 5.52. The molecule has 0 saturated carbocycles. The molecule has 1 atom stereocenters. The van der Waals surface area contributed by atoms with E-state index in [1.54, 1.807) is 19.9 Å². The molecule has 0 fully saturated rings. The summed E-state index contributed by atoms with van der Waals surface area (Å²) in [6.07, 6.45) is 0. The number of rotatable bonds is 4. The second-order valence-electron chi connectivity index (χ2n) is 3.78. The van der Waals surface area contributed by atoms with Gasteiger partial charge in [-0.3, -0.25) is 0 Å². The highest BCUT2D eigenvalue weighted by Crippen LogP contribution is 2.17. The smallest absolute Gasteiger partial charge is 0.328 e. The van der Waals surface area contributed by atoms with Gasteiger partial charge in [0.1, 0.15) is 12.1 Å². The lowest BCUT2D eigenvalue weighted by Crippen LogP contribution is -2.28. The average molecular weight is 232 g/mol. The average Bonchev–Trinajstić information content (AvgIpc) is 2.29. The predicted octanol–water partition coefficient (Wildman–Crippen LogP) is 2.23. The number of nitrogens with one attached hydrogen (secondary N) is 1. The van der Waals surface area contributed by atoms with Gasteiger partial charge in [-0.2, -0.15) is 5.26 Å². The molecule has 0 heterocycles. The van der Waals surface area contributed by atoms with Crippen molar-refractivity contribution in [2.45, 2.75) is 26.8 Å². The lowest BCUT2D eigenvalue weighted by atomic mass is 10.1.